The van der Waals surface area contributed by atoms with Gasteiger partial charge in [-0.15, -0.1) is 0 Å². The Hall–Kier alpha value is -0.610. The fourth-order valence-electron chi connectivity index (χ4n) is 2.30. The molecule has 1 saturated heterocycles. The smallest absolute Gasteiger partial charge is 0.306 e. The Morgan fingerprint density at radius 2 is 2.00 bits per heavy atom. The van der Waals surface area contributed by atoms with Crippen LogP contribution in [-0.4, -0.2) is 46.3 Å². The number of aliphatic carboxylic acids is 1. The molecule has 0 aromatic rings. The summed E-state index contributed by atoms with van der Waals surface area (Å²) in [4.78, 5) is 12.9. The van der Waals surface area contributed by atoms with E-state index in [0.29, 0.717) is 6.04 Å². The minimum absolute atomic E-state index is 0.150. The van der Waals surface area contributed by atoms with Crippen molar-refractivity contribution in [1.29, 1.82) is 0 Å². The lowest BCUT2D eigenvalue weighted by molar-refractivity contribution is -0.141. The molecule has 1 saturated carbocycles. The molecule has 2 rings (SSSR count). The van der Waals surface area contributed by atoms with Crippen molar-refractivity contribution < 1.29 is 15.0 Å². The second kappa shape index (κ2) is 3.27. The first-order valence-electron chi connectivity index (χ1n) is 4.81. The van der Waals surface area contributed by atoms with Gasteiger partial charge in [-0.05, 0) is 19.3 Å². The van der Waals surface area contributed by atoms with E-state index in [1.165, 1.54) is 0 Å². The molecule has 2 atom stereocenters. The Morgan fingerprint density at radius 3 is 2.46 bits per heavy atom. The van der Waals surface area contributed by atoms with E-state index in [9.17, 15) is 4.79 Å². The summed E-state index contributed by atoms with van der Waals surface area (Å²) in [6, 6.07) is 0.407. The second-order valence-electron chi connectivity index (χ2n) is 4.11. The van der Waals surface area contributed by atoms with E-state index in [4.69, 9.17) is 10.2 Å². The summed E-state index contributed by atoms with van der Waals surface area (Å²) in [5.41, 5.74) is 0. The van der Waals surface area contributed by atoms with E-state index in [0.717, 1.165) is 32.4 Å². The highest BCUT2D eigenvalue weighted by atomic mass is 16.4. The van der Waals surface area contributed by atoms with Gasteiger partial charge in [0.2, 0.25) is 0 Å². The van der Waals surface area contributed by atoms with Crippen LogP contribution < -0.4 is 0 Å². The molecule has 0 aromatic carbocycles. The van der Waals surface area contributed by atoms with Gasteiger partial charge in [-0.1, -0.05) is 0 Å². The summed E-state index contributed by atoms with van der Waals surface area (Å²) >= 11 is 0. The van der Waals surface area contributed by atoms with Crippen LogP contribution in [0.15, 0.2) is 0 Å². The number of carboxylic acids is 1. The summed E-state index contributed by atoms with van der Waals surface area (Å²) in [6.07, 6.45) is 2.36. The number of hydrogen-bond acceptors (Lipinski definition) is 3. The minimum atomic E-state index is -0.663. The molecule has 74 valence electrons. The van der Waals surface area contributed by atoms with Gasteiger partial charge in [0.15, 0.2) is 0 Å². The highest BCUT2D eigenvalue weighted by molar-refractivity contribution is 5.70. The zero-order valence-corrected chi connectivity index (χ0v) is 7.52. The number of aliphatic hydroxyl groups excluding tert-OH is 1. The Bertz CT molecular complexity index is 213. The van der Waals surface area contributed by atoms with Crippen LogP contribution in [0.5, 0.6) is 0 Å². The summed E-state index contributed by atoms with van der Waals surface area (Å²) < 4.78 is 0. The van der Waals surface area contributed by atoms with Crippen molar-refractivity contribution in [3.63, 3.8) is 0 Å². The molecule has 2 fully saturated rings. The number of nitrogens with zero attached hydrogens (tertiary/aromatic N) is 1. The number of carboxylic acid groups (broad SMARTS) is 1. The van der Waals surface area contributed by atoms with Gasteiger partial charge in [-0.3, -0.25) is 9.69 Å². The van der Waals surface area contributed by atoms with Crippen molar-refractivity contribution in [3.8, 4) is 0 Å². The molecule has 4 nitrogen and oxygen atoms in total. The van der Waals surface area contributed by atoms with Gasteiger partial charge < -0.3 is 10.2 Å². The largest absolute Gasteiger partial charge is 0.481 e. The van der Waals surface area contributed by atoms with E-state index in [1.807, 2.05) is 0 Å². The lowest BCUT2D eigenvalue weighted by atomic mass is 10.0. The number of carbonyl (C=O) groups is 1. The molecule has 0 spiro atoms. The van der Waals surface area contributed by atoms with E-state index in [2.05, 4.69) is 4.90 Å². The molecule has 1 aliphatic heterocycles. The SMILES string of the molecule is O=C(O)C1CCC(N2CC(O)C2)C1. The molecule has 0 aromatic heterocycles. The first-order chi connectivity index (χ1) is 6.16. The van der Waals surface area contributed by atoms with Crippen molar-refractivity contribution in [2.75, 3.05) is 13.1 Å². The topological polar surface area (TPSA) is 60.8 Å². The molecule has 2 aliphatic rings. The average Bonchev–Trinajstić information content (AvgIpc) is 2.46. The molecule has 2 N–H and O–H groups in total. The molecule has 4 heteroatoms. The quantitative estimate of drug-likeness (QED) is 0.631. The number of rotatable bonds is 2. The predicted molar refractivity (Wildman–Crippen MR) is 46.3 cm³/mol. The fraction of sp³-hybridized carbons (Fsp3) is 0.889. The van der Waals surface area contributed by atoms with Crippen molar-refractivity contribution in [3.05, 3.63) is 0 Å². The Balaban J connectivity index is 1.81. The molecular weight excluding hydrogens is 170 g/mol. The number of aliphatic hydroxyl groups is 1. The summed E-state index contributed by atoms with van der Waals surface area (Å²) in [5, 5.41) is 17.9. The first kappa shape index (κ1) is 8.97. The van der Waals surface area contributed by atoms with E-state index in [-0.39, 0.29) is 12.0 Å². The fourth-order valence-corrected chi connectivity index (χ4v) is 2.30. The highest BCUT2D eigenvalue weighted by Crippen LogP contribution is 2.31. The molecule has 0 amide bonds. The van der Waals surface area contributed by atoms with Crippen LogP contribution in [0.2, 0.25) is 0 Å². The molecule has 1 heterocycles. The standard InChI is InChI=1S/C9H15NO3/c11-8-4-10(5-8)7-2-1-6(3-7)9(12)13/h6-8,11H,1-5H2,(H,12,13). The lowest BCUT2D eigenvalue weighted by Crippen LogP contribution is -2.54. The molecule has 0 radical (unpaired) electrons. The number of hydrogen-bond donors (Lipinski definition) is 2. The van der Waals surface area contributed by atoms with Crippen LogP contribution in [0.4, 0.5) is 0 Å². The zero-order valence-electron chi connectivity index (χ0n) is 7.52. The van der Waals surface area contributed by atoms with Gasteiger partial charge in [0.1, 0.15) is 0 Å². The average molecular weight is 185 g/mol. The minimum Gasteiger partial charge on any atom is -0.481 e. The monoisotopic (exact) mass is 185 g/mol. The second-order valence-corrected chi connectivity index (χ2v) is 4.11. The van der Waals surface area contributed by atoms with Gasteiger partial charge in [0.05, 0.1) is 12.0 Å². The molecule has 1 aliphatic carbocycles. The third-order valence-electron chi connectivity index (χ3n) is 3.16. The van der Waals surface area contributed by atoms with E-state index >= 15 is 0 Å². The Morgan fingerprint density at radius 1 is 1.31 bits per heavy atom. The summed E-state index contributed by atoms with van der Waals surface area (Å²) in [5.74, 6) is -0.814. The predicted octanol–water partition coefficient (Wildman–Crippen LogP) is -0.0838. The zero-order chi connectivity index (χ0) is 9.42. The highest BCUT2D eigenvalue weighted by Gasteiger charge is 2.37. The summed E-state index contributed by atoms with van der Waals surface area (Å²) in [6.45, 7) is 1.47. The molecule has 0 bridgehead atoms. The van der Waals surface area contributed by atoms with Crippen molar-refractivity contribution in [2.45, 2.75) is 31.4 Å². The van der Waals surface area contributed by atoms with Gasteiger partial charge in [0, 0.05) is 19.1 Å². The van der Waals surface area contributed by atoms with Gasteiger partial charge in [0.25, 0.3) is 0 Å². The van der Waals surface area contributed by atoms with Crippen molar-refractivity contribution in [1.82, 2.24) is 4.90 Å². The van der Waals surface area contributed by atoms with E-state index in [1.54, 1.807) is 0 Å². The van der Waals surface area contributed by atoms with Gasteiger partial charge in [-0.25, -0.2) is 0 Å². The normalized spacial score (nSPS) is 36.1. The molecule has 13 heavy (non-hydrogen) atoms. The van der Waals surface area contributed by atoms with Crippen LogP contribution in [0.25, 0.3) is 0 Å². The van der Waals surface area contributed by atoms with Gasteiger partial charge in [-0.2, -0.15) is 0 Å². The third kappa shape index (κ3) is 1.69. The van der Waals surface area contributed by atoms with Crippen molar-refractivity contribution >= 4 is 5.97 Å². The molecule has 2 unspecified atom stereocenters. The maximum atomic E-state index is 10.7. The van der Waals surface area contributed by atoms with Crippen LogP contribution >= 0.6 is 0 Å². The van der Waals surface area contributed by atoms with E-state index < -0.39 is 5.97 Å². The number of β-amino-alcohol motifs (C(OH)–C–C–N with tert-alkyl or cyclic N) is 1. The third-order valence-corrected chi connectivity index (χ3v) is 3.16. The lowest BCUT2D eigenvalue weighted by Gasteiger charge is -2.40. The van der Waals surface area contributed by atoms with Crippen LogP contribution in [0.3, 0.4) is 0 Å². The van der Waals surface area contributed by atoms with Gasteiger partial charge >= 0.3 is 5.97 Å². The summed E-state index contributed by atoms with van der Waals surface area (Å²) in [7, 11) is 0. The van der Waals surface area contributed by atoms with Crippen LogP contribution in [0.1, 0.15) is 19.3 Å². The maximum Gasteiger partial charge on any atom is 0.306 e. The Kier molecular flexibility index (Phi) is 2.26. The Labute approximate surface area is 77.2 Å². The van der Waals surface area contributed by atoms with Crippen molar-refractivity contribution in [2.24, 2.45) is 5.92 Å². The maximum absolute atomic E-state index is 10.7. The van der Waals surface area contributed by atoms with Crippen LogP contribution in [-0.2, 0) is 4.79 Å². The van der Waals surface area contributed by atoms with Crippen LogP contribution in [0, 0.1) is 5.92 Å². The number of likely N-dealkylation sites (tertiary alicyclic amines) is 1. The molecular formula is C9H15NO3. The first-order valence-corrected chi connectivity index (χ1v) is 4.81.